The highest BCUT2D eigenvalue weighted by Crippen LogP contribution is 2.25. The monoisotopic (exact) mass is 212 g/mol. The van der Waals surface area contributed by atoms with Gasteiger partial charge in [0.2, 0.25) is 0 Å². The highest BCUT2D eigenvalue weighted by atomic mass is 19.3. The molecule has 0 fully saturated rings. The summed E-state index contributed by atoms with van der Waals surface area (Å²) in [6.07, 6.45) is -0.236. The molecule has 0 atom stereocenters. The van der Waals surface area contributed by atoms with Gasteiger partial charge in [0.25, 0.3) is 6.43 Å². The van der Waals surface area contributed by atoms with E-state index in [-0.39, 0.29) is 16.6 Å². The van der Waals surface area contributed by atoms with Crippen molar-refractivity contribution >= 4 is 11.5 Å². The maximum absolute atomic E-state index is 12.6. The van der Waals surface area contributed by atoms with Crippen molar-refractivity contribution in [2.45, 2.75) is 6.43 Å². The smallest absolute Gasteiger partial charge is 0.339 e. The van der Waals surface area contributed by atoms with E-state index in [9.17, 15) is 13.6 Å². The zero-order valence-electron chi connectivity index (χ0n) is 7.39. The molecular formula is C9H6F2N2O2. The van der Waals surface area contributed by atoms with Crippen LogP contribution < -0.4 is 0 Å². The first kappa shape index (κ1) is 9.57. The van der Waals surface area contributed by atoms with Crippen LogP contribution >= 0.6 is 0 Å². The van der Waals surface area contributed by atoms with Gasteiger partial charge in [-0.3, -0.25) is 0 Å². The van der Waals surface area contributed by atoms with Crippen LogP contribution in [0.4, 0.5) is 8.78 Å². The number of fused-ring (bicyclic) bond motifs is 1. The molecule has 0 saturated carbocycles. The van der Waals surface area contributed by atoms with Crippen LogP contribution in [0, 0.1) is 0 Å². The van der Waals surface area contributed by atoms with Crippen LogP contribution in [-0.4, -0.2) is 20.7 Å². The second kappa shape index (κ2) is 3.30. The molecule has 0 bridgehead atoms. The summed E-state index contributed by atoms with van der Waals surface area (Å²) < 4.78 is 26.3. The van der Waals surface area contributed by atoms with E-state index in [0.29, 0.717) is 0 Å². The number of halogens is 2. The van der Waals surface area contributed by atoms with Crippen molar-refractivity contribution in [3.05, 3.63) is 35.7 Å². The number of carboxylic acids is 1. The van der Waals surface area contributed by atoms with Crippen molar-refractivity contribution < 1.29 is 18.7 Å². The van der Waals surface area contributed by atoms with Gasteiger partial charge in [-0.15, -0.1) is 0 Å². The molecule has 0 radical (unpaired) electrons. The molecule has 0 aliphatic heterocycles. The molecular weight excluding hydrogens is 206 g/mol. The second-order valence-corrected chi connectivity index (χ2v) is 2.92. The molecule has 0 aliphatic carbocycles. The van der Waals surface area contributed by atoms with Gasteiger partial charge < -0.3 is 5.11 Å². The molecule has 2 aromatic rings. The lowest BCUT2D eigenvalue weighted by Crippen LogP contribution is -1.99. The number of rotatable bonds is 2. The Kier molecular flexibility index (Phi) is 2.11. The maximum atomic E-state index is 12.6. The number of aromatic nitrogens is 2. The number of hydrogen-bond acceptors (Lipinski definition) is 2. The zero-order chi connectivity index (χ0) is 11.0. The summed E-state index contributed by atoms with van der Waals surface area (Å²) in [5.41, 5.74) is -0.599. The lowest BCUT2D eigenvalue weighted by atomic mass is 10.1. The summed E-state index contributed by atoms with van der Waals surface area (Å²) >= 11 is 0. The fourth-order valence-corrected chi connectivity index (χ4v) is 1.40. The lowest BCUT2D eigenvalue weighted by molar-refractivity contribution is 0.0699. The highest BCUT2D eigenvalue weighted by molar-refractivity contribution is 5.96. The van der Waals surface area contributed by atoms with Crippen LogP contribution in [0.1, 0.15) is 22.3 Å². The minimum Gasteiger partial charge on any atom is -0.478 e. The Bertz CT molecular complexity index is 522. The minimum absolute atomic E-state index is 0.0556. The lowest BCUT2D eigenvalue weighted by Gasteiger charge is -2.02. The fourth-order valence-electron chi connectivity index (χ4n) is 1.40. The van der Waals surface area contributed by atoms with Crippen molar-refractivity contribution in [3.63, 3.8) is 0 Å². The average Bonchev–Trinajstić information content (AvgIpc) is 2.60. The molecule has 2 rings (SSSR count). The number of carbonyl (C=O) groups is 1. The maximum Gasteiger partial charge on any atom is 0.339 e. The number of aromatic carboxylic acids is 1. The van der Waals surface area contributed by atoms with Crippen molar-refractivity contribution in [2.24, 2.45) is 0 Å². The zero-order valence-corrected chi connectivity index (χ0v) is 7.39. The molecule has 0 aliphatic rings. The molecule has 0 unspecified atom stereocenters. The Morgan fingerprint density at radius 2 is 2.27 bits per heavy atom. The number of alkyl halides is 2. The van der Waals surface area contributed by atoms with E-state index in [1.54, 1.807) is 0 Å². The molecule has 6 heteroatoms. The normalized spacial score (nSPS) is 11.1. The third kappa shape index (κ3) is 1.43. The van der Waals surface area contributed by atoms with Crippen molar-refractivity contribution in [1.82, 2.24) is 9.61 Å². The molecule has 1 N–H and O–H groups in total. The summed E-state index contributed by atoms with van der Waals surface area (Å²) in [4.78, 5) is 10.8. The molecule has 0 spiro atoms. The number of nitrogens with zero attached hydrogens (tertiary/aromatic N) is 2. The largest absolute Gasteiger partial charge is 0.478 e. The summed E-state index contributed by atoms with van der Waals surface area (Å²) in [6.45, 7) is 0. The van der Waals surface area contributed by atoms with E-state index < -0.39 is 12.4 Å². The first-order chi connectivity index (χ1) is 7.11. The van der Waals surface area contributed by atoms with Gasteiger partial charge >= 0.3 is 5.97 Å². The third-order valence-electron chi connectivity index (χ3n) is 2.04. The highest BCUT2D eigenvalue weighted by Gasteiger charge is 2.19. The molecule has 0 aromatic carbocycles. The summed E-state index contributed by atoms with van der Waals surface area (Å²) in [5.74, 6) is -1.27. The Morgan fingerprint density at radius 1 is 1.53 bits per heavy atom. The van der Waals surface area contributed by atoms with Gasteiger partial charge in [0.1, 0.15) is 5.56 Å². The van der Waals surface area contributed by atoms with Crippen molar-refractivity contribution in [3.8, 4) is 0 Å². The van der Waals surface area contributed by atoms with Crippen LogP contribution in [0.15, 0.2) is 24.5 Å². The fraction of sp³-hybridized carbons (Fsp3) is 0.111. The van der Waals surface area contributed by atoms with Gasteiger partial charge in [-0.25, -0.2) is 18.1 Å². The molecule has 4 nitrogen and oxygen atoms in total. The van der Waals surface area contributed by atoms with Gasteiger partial charge in [-0.2, -0.15) is 5.10 Å². The second-order valence-electron chi connectivity index (χ2n) is 2.92. The van der Waals surface area contributed by atoms with Crippen LogP contribution in [0.5, 0.6) is 0 Å². The van der Waals surface area contributed by atoms with E-state index in [1.807, 2.05) is 0 Å². The Labute approximate surface area is 82.8 Å². The van der Waals surface area contributed by atoms with Crippen LogP contribution in [0.2, 0.25) is 0 Å². The van der Waals surface area contributed by atoms with Gasteiger partial charge in [0.05, 0.1) is 11.7 Å². The first-order valence-electron chi connectivity index (χ1n) is 4.09. The number of carboxylic acid groups (broad SMARTS) is 1. The summed E-state index contributed by atoms with van der Waals surface area (Å²) in [6, 6.07) is 2.58. The topological polar surface area (TPSA) is 54.6 Å². The van der Waals surface area contributed by atoms with Gasteiger partial charge in [-0.05, 0) is 12.1 Å². The molecule has 2 heterocycles. The van der Waals surface area contributed by atoms with E-state index in [1.165, 1.54) is 18.3 Å². The van der Waals surface area contributed by atoms with Crippen LogP contribution in [0.25, 0.3) is 5.52 Å². The Balaban J connectivity index is 2.80. The van der Waals surface area contributed by atoms with Crippen molar-refractivity contribution in [1.29, 1.82) is 0 Å². The number of hydrogen-bond donors (Lipinski definition) is 1. The van der Waals surface area contributed by atoms with Gasteiger partial charge in [0, 0.05) is 11.8 Å². The molecule has 15 heavy (non-hydrogen) atoms. The van der Waals surface area contributed by atoms with Gasteiger partial charge in [0.15, 0.2) is 0 Å². The Morgan fingerprint density at radius 3 is 2.87 bits per heavy atom. The van der Waals surface area contributed by atoms with E-state index in [2.05, 4.69) is 5.10 Å². The molecule has 2 aromatic heterocycles. The van der Waals surface area contributed by atoms with E-state index in [4.69, 9.17) is 5.11 Å². The standard InChI is InChI=1S/C9H6F2N2O2/c10-8(11)5-2-1-3-13-7(5)6(4-12-13)9(14)15/h1-4,8H,(H,14,15). The van der Waals surface area contributed by atoms with E-state index >= 15 is 0 Å². The van der Waals surface area contributed by atoms with Crippen LogP contribution in [0.3, 0.4) is 0 Å². The molecule has 78 valence electrons. The first-order valence-corrected chi connectivity index (χ1v) is 4.09. The quantitative estimate of drug-likeness (QED) is 0.827. The average molecular weight is 212 g/mol. The minimum atomic E-state index is -2.72. The number of pyridine rings is 1. The predicted molar refractivity (Wildman–Crippen MR) is 47.1 cm³/mol. The summed E-state index contributed by atoms with van der Waals surface area (Å²) in [7, 11) is 0. The molecule has 0 amide bonds. The van der Waals surface area contributed by atoms with Gasteiger partial charge in [-0.1, -0.05) is 0 Å². The SMILES string of the molecule is O=C(O)c1cnn2cccc(C(F)F)c12. The summed E-state index contributed by atoms with van der Waals surface area (Å²) in [5, 5.41) is 12.5. The van der Waals surface area contributed by atoms with Crippen LogP contribution in [-0.2, 0) is 0 Å². The Hall–Kier alpha value is -1.98. The van der Waals surface area contributed by atoms with E-state index in [0.717, 1.165) is 10.7 Å². The van der Waals surface area contributed by atoms with Crippen molar-refractivity contribution in [2.75, 3.05) is 0 Å². The predicted octanol–water partition coefficient (Wildman–Crippen LogP) is 1.97. The molecule has 0 saturated heterocycles. The third-order valence-corrected chi connectivity index (χ3v) is 2.04.